The first-order valence-electron chi connectivity index (χ1n) is 10.1. The molecule has 2 N–H and O–H groups in total. The fraction of sp³-hybridized carbons (Fsp3) is 0.391. The van der Waals surface area contributed by atoms with Crippen LogP contribution in [0.5, 0.6) is 0 Å². The van der Waals surface area contributed by atoms with Crippen molar-refractivity contribution in [1.29, 1.82) is 0 Å². The monoisotopic (exact) mass is 414 g/mol. The lowest BCUT2D eigenvalue weighted by Crippen LogP contribution is -3.06. The van der Waals surface area contributed by atoms with Crippen molar-refractivity contribution in [3.8, 4) is 0 Å². The zero-order chi connectivity index (χ0) is 20.8. The number of carbonyl (C=O) groups is 2. The summed E-state index contributed by atoms with van der Waals surface area (Å²) in [6.07, 6.45) is 1.36. The van der Waals surface area contributed by atoms with Crippen LogP contribution in [0.25, 0.3) is 0 Å². The minimum absolute atomic E-state index is 0.00102. The number of nitrogens with one attached hydrogen (secondary N) is 2. The van der Waals surface area contributed by atoms with Gasteiger partial charge in [0.15, 0.2) is 0 Å². The van der Waals surface area contributed by atoms with E-state index in [1.165, 1.54) is 4.90 Å². The number of amides is 2. The number of carbonyl (C=O) groups excluding carboxylic acids is 2. The van der Waals surface area contributed by atoms with Crippen LogP contribution in [0.3, 0.4) is 0 Å². The molecule has 1 fully saturated rings. The molecule has 0 unspecified atom stereocenters. The fourth-order valence-electron chi connectivity index (χ4n) is 3.76. The first-order chi connectivity index (χ1) is 13.9. The highest BCUT2D eigenvalue weighted by Gasteiger charge is 2.29. The standard InChI is InChI=1S/C23H28ClN3O2/c1-26(2)16-21(17-6-4-3-5-7-17)25-22(28)18-12-14-27(15-13-18)23(29)19-8-10-20(24)11-9-19/h3-11,18,21H,12-16H2,1-2H3,(H,25,28)/p+1/t21-/m1/s1. The van der Waals surface area contributed by atoms with Gasteiger partial charge >= 0.3 is 0 Å². The minimum atomic E-state index is -0.0624. The van der Waals surface area contributed by atoms with Crippen LogP contribution in [-0.2, 0) is 4.79 Å². The van der Waals surface area contributed by atoms with Crippen LogP contribution in [0, 0.1) is 5.92 Å². The number of likely N-dealkylation sites (tertiary alicyclic amines) is 1. The van der Waals surface area contributed by atoms with Crippen LogP contribution in [0.2, 0.25) is 5.02 Å². The number of nitrogens with zero attached hydrogens (tertiary/aromatic N) is 1. The Morgan fingerprint density at radius 2 is 1.69 bits per heavy atom. The Hall–Kier alpha value is -2.37. The van der Waals surface area contributed by atoms with Gasteiger partial charge in [-0.05, 0) is 42.7 Å². The van der Waals surface area contributed by atoms with Crippen molar-refractivity contribution in [2.45, 2.75) is 18.9 Å². The zero-order valence-electron chi connectivity index (χ0n) is 17.0. The molecule has 3 rings (SSSR count). The maximum atomic E-state index is 12.9. The highest BCUT2D eigenvalue weighted by Crippen LogP contribution is 2.21. The van der Waals surface area contributed by atoms with Gasteiger partial charge in [-0.1, -0.05) is 41.9 Å². The molecule has 2 amide bonds. The molecule has 0 bridgehead atoms. The number of rotatable bonds is 6. The van der Waals surface area contributed by atoms with E-state index in [9.17, 15) is 9.59 Å². The first kappa shape index (κ1) is 21.3. The van der Waals surface area contributed by atoms with E-state index in [4.69, 9.17) is 11.6 Å². The van der Waals surface area contributed by atoms with Crippen LogP contribution >= 0.6 is 11.6 Å². The van der Waals surface area contributed by atoms with E-state index in [1.807, 2.05) is 23.1 Å². The molecule has 0 aromatic heterocycles. The second-order valence-electron chi connectivity index (χ2n) is 7.96. The average molecular weight is 415 g/mol. The maximum Gasteiger partial charge on any atom is 0.253 e. The van der Waals surface area contributed by atoms with Crippen molar-refractivity contribution >= 4 is 23.4 Å². The van der Waals surface area contributed by atoms with Crippen molar-refractivity contribution in [3.05, 3.63) is 70.7 Å². The Kier molecular flexibility index (Phi) is 7.29. The summed E-state index contributed by atoms with van der Waals surface area (Å²) in [5.41, 5.74) is 1.76. The van der Waals surface area contributed by atoms with Crippen LogP contribution in [0.4, 0.5) is 0 Å². The second kappa shape index (κ2) is 9.90. The molecule has 154 valence electrons. The van der Waals surface area contributed by atoms with E-state index in [1.54, 1.807) is 24.3 Å². The summed E-state index contributed by atoms with van der Waals surface area (Å²) in [5.74, 6) is 0.0187. The van der Waals surface area contributed by atoms with Crippen molar-refractivity contribution in [1.82, 2.24) is 10.2 Å². The summed E-state index contributed by atoms with van der Waals surface area (Å²) in [6.45, 7) is 2.01. The molecular formula is C23H29ClN3O2+. The normalized spacial score (nSPS) is 15.9. The van der Waals surface area contributed by atoms with Gasteiger partial charge in [0.25, 0.3) is 5.91 Å². The predicted octanol–water partition coefficient (Wildman–Crippen LogP) is 2.19. The van der Waals surface area contributed by atoms with Crippen LogP contribution in [0.1, 0.15) is 34.8 Å². The molecule has 0 spiro atoms. The van der Waals surface area contributed by atoms with Gasteiger partial charge in [-0.15, -0.1) is 0 Å². The van der Waals surface area contributed by atoms with Crippen molar-refractivity contribution in [2.24, 2.45) is 5.92 Å². The molecule has 5 nitrogen and oxygen atoms in total. The number of quaternary nitrogens is 1. The third-order valence-corrected chi connectivity index (χ3v) is 5.63. The van der Waals surface area contributed by atoms with Crippen LogP contribution in [0.15, 0.2) is 54.6 Å². The van der Waals surface area contributed by atoms with Gasteiger partial charge in [-0.25, -0.2) is 0 Å². The Balaban J connectivity index is 1.57. The number of likely N-dealkylation sites (N-methyl/N-ethyl adjacent to an activating group) is 1. The summed E-state index contributed by atoms with van der Waals surface area (Å²) in [7, 11) is 4.17. The Bertz CT molecular complexity index is 816. The number of piperidine rings is 1. The van der Waals surface area contributed by atoms with Gasteiger partial charge in [0.2, 0.25) is 5.91 Å². The molecular weight excluding hydrogens is 386 g/mol. The lowest BCUT2D eigenvalue weighted by molar-refractivity contribution is -0.860. The van der Waals surface area contributed by atoms with E-state index in [-0.39, 0.29) is 23.8 Å². The highest BCUT2D eigenvalue weighted by molar-refractivity contribution is 6.30. The lowest BCUT2D eigenvalue weighted by Gasteiger charge is -2.32. The summed E-state index contributed by atoms with van der Waals surface area (Å²) in [6, 6.07) is 17.0. The molecule has 2 aromatic rings. The van der Waals surface area contributed by atoms with Crippen molar-refractivity contribution < 1.29 is 14.5 Å². The molecule has 0 radical (unpaired) electrons. The maximum absolute atomic E-state index is 12.9. The molecule has 0 aliphatic carbocycles. The lowest BCUT2D eigenvalue weighted by atomic mass is 9.94. The van der Waals surface area contributed by atoms with Gasteiger partial charge < -0.3 is 15.1 Å². The number of hydrogen-bond donors (Lipinski definition) is 2. The van der Waals surface area contributed by atoms with Crippen LogP contribution < -0.4 is 10.2 Å². The van der Waals surface area contributed by atoms with E-state index in [0.717, 1.165) is 12.1 Å². The summed E-state index contributed by atoms with van der Waals surface area (Å²) >= 11 is 5.90. The van der Waals surface area contributed by atoms with E-state index in [0.29, 0.717) is 36.5 Å². The molecule has 1 heterocycles. The Labute approximate surface area is 177 Å². The largest absolute Gasteiger partial charge is 0.343 e. The van der Waals surface area contributed by atoms with Gasteiger partial charge in [0.1, 0.15) is 12.6 Å². The van der Waals surface area contributed by atoms with Gasteiger partial charge in [0, 0.05) is 29.6 Å². The third kappa shape index (κ3) is 5.81. The molecule has 2 aromatic carbocycles. The Morgan fingerprint density at radius 3 is 2.28 bits per heavy atom. The van der Waals surface area contributed by atoms with Gasteiger partial charge in [-0.2, -0.15) is 0 Å². The average Bonchev–Trinajstić information content (AvgIpc) is 2.73. The molecule has 6 heteroatoms. The quantitative estimate of drug-likeness (QED) is 0.761. The topological polar surface area (TPSA) is 53.9 Å². The van der Waals surface area contributed by atoms with Gasteiger partial charge in [-0.3, -0.25) is 9.59 Å². The molecule has 1 saturated heterocycles. The van der Waals surface area contributed by atoms with E-state index < -0.39 is 0 Å². The smallest absolute Gasteiger partial charge is 0.253 e. The fourth-order valence-corrected chi connectivity index (χ4v) is 3.88. The first-order valence-corrected chi connectivity index (χ1v) is 10.5. The van der Waals surface area contributed by atoms with Crippen molar-refractivity contribution in [2.75, 3.05) is 33.7 Å². The second-order valence-corrected chi connectivity index (χ2v) is 8.39. The Morgan fingerprint density at radius 1 is 1.07 bits per heavy atom. The van der Waals surface area contributed by atoms with Gasteiger partial charge in [0.05, 0.1) is 14.1 Å². The predicted molar refractivity (Wildman–Crippen MR) is 115 cm³/mol. The molecule has 1 atom stereocenters. The number of benzene rings is 2. The minimum Gasteiger partial charge on any atom is -0.343 e. The summed E-state index contributed by atoms with van der Waals surface area (Å²) in [5, 5.41) is 3.85. The number of halogens is 1. The highest BCUT2D eigenvalue weighted by atomic mass is 35.5. The molecule has 0 saturated carbocycles. The SMILES string of the molecule is C[NH+](C)C[C@@H](NC(=O)C1CCN(C(=O)c2ccc(Cl)cc2)CC1)c1ccccc1. The summed E-state index contributed by atoms with van der Waals surface area (Å²) in [4.78, 5) is 28.7. The van der Waals surface area contributed by atoms with E-state index >= 15 is 0 Å². The summed E-state index contributed by atoms with van der Waals surface area (Å²) < 4.78 is 0. The van der Waals surface area contributed by atoms with Crippen molar-refractivity contribution in [3.63, 3.8) is 0 Å². The molecule has 1 aliphatic heterocycles. The number of hydrogen-bond acceptors (Lipinski definition) is 2. The molecule has 1 aliphatic rings. The van der Waals surface area contributed by atoms with E-state index in [2.05, 4.69) is 31.5 Å². The van der Waals surface area contributed by atoms with Crippen LogP contribution in [-0.4, -0.2) is 50.4 Å². The third-order valence-electron chi connectivity index (χ3n) is 5.37. The molecule has 29 heavy (non-hydrogen) atoms. The zero-order valence-corrected chi connectivity index (χ0v) is 17.8.